The quantitative estimate of drug-likeness (QED) is 0.566. The standard InChI is InChI=1S/C6H15N/c1-4-6(3)7-5-2/h6-7H,4-5H2,1-3H3/t6-/m1/s1. The lowest BCUT2D eigenvalue weighted by molar-refractivity contribution is 0.553. The van der Waals surface area contributed by atoms with Crippen LogP contribution in [0.3, 0.4) is 0 Å². The van der Waals surface area contributed by atoms with Gasteiger partial charge in [-0.15, -0.1) is 0 Å². The summed E-state index contributed by atoms with van der Waals surface area (Å²) in [6, 6.07) is 0.699. The molecule has 7 heavy (non-hydrogen) atoms. The van der Waals surface area contributed by atoms with E-state index in [0.29, 0.717) is 6.04 Å². The molecule has 0 aromatic carbocycles. The zero-order chi connectivity index (χ0) is 5.70. The summed E-state index contributed by atoms with van der Waals surface area (Å²) in [4.78, 5) is 0. The van der Waals surface area contributed by atoms with Crippen LogP contribution >= 0.6 is 0 Å². The van der Waals surface area contributed by atoms with E-state index in [1.54, 1.807) is 0 Å². The molecule has 0 aliphatic carbocycles. The van der Waals surface area contributed by atoms with Crippen molar-refractivity contribution in [3.63, 3.8) is 0 Å². The van der Waals surface area contributed by atoms with E-state index in [-0.39, 0.29) is 0 Å². The van der Waals surface area contributed by atoms with E-state index < -0.39 is 0 Å². The molecule has 1 heteroatoms. The lowest BCUT2D eigenvalue weighted by Gasteiger charge is -2.06. The SMILES string of the molecule is CCN[C@H](C)CC. The molecule has 0 heterocycles. The summed E-state index contributed by atoms with van der Waals surface area (Å²) in [5, 5.41) is 3.30. The Kier molecular flexibility index (Phi) is 4.10. The van der Waals surface area contributed by atoms with Crippen LogP contribution in [-0.2, 0) is 0 Å². The average Bonchev–Trinajstić information content (AvgIpc) is 1.68. The van der Waals surface area contributed by atoms with Gasteiger partial charge in [-0.2, -0.15) is 0 Å². The van der Waals surface area contributed by atoms with Gasteiger partial charge in [0.05, 0.1) is 0 Å². The van der Waals surface area contributed by atoms with Crippen LogP contribution in [0, 0.1) is 0 Å². The fourth-order valence-electron chi connectivity index (χ4n) is 0.493. The van der Waals surface area contributed by atoms with E-state index in [1.165, 1.54) is 6.42 Å². The summed E-state index contributed by atoms with van der Waals surface area (Å²) >= 11 is 0. The van der Waals surface area contributed by atoms with Crippen LogP contribution in [0.15, 0.2) is 0 Å². The van der Waals surface area contributed by atoms with E-state index >= 15 is 0 Å². The van der Waals surface area contributed by atoms with Gasteiger partial charge in [0, 0.05) is 6.04 Å². The van der Waals surface area contributed by atoms with Gasteiger partial charge < -0.3 is 5.32 Å². The van der Waals surface area contributed by atoms with Crippen LogP contribution in [0.25, 0.3) is 0 Å². The molecule has 0 fully saturated rings. The Bertz CT molecular complexity index is 35.2. The molecule has 0 saturated heterocycles. The van der Waals surface area contributed by atoms with Crippen LogP contribution in [0.5, 0.6) is 0 Å². The highest BCUT2D eigenvalue weighted by Gasteiger charge is 1.90. The summed E-state index contributed by atoms with van der Waals surface area (Å²) in [5.41, 5.74) is 0. The maximum Gasteiger partial charge on any atom is 0.00359 e. The van der Waals surface area contributed by atoms with Gasteiger partial charge in [-0.1, -0.05) is 13.8 Å². The van der Waals surface area contributed by atoms with Crippen molar-refractivity contribution in [3.05, 3.63) is 0 Å². The third-order valence-electron chi connectivity index (χ3n) is 1.16. The van der Waals surface area contributed by atoms with Crippen molar-refractivity contribution in [2.45, 2.75) is 33.2 Å². The Morgan fingerprint density at radius 1 is 1.43 bits per heavy atom. The van der Waals surface area contributed by atoms with Crippen LogP contribution in [-0.4, -0.2) is 12.6 Å². The fraction of sp³-hybridized carbons (Fsp3) is 1.00. The molecule has 1 atom stereocenters. The maximum absolute atomic E-state index is 3.30. The Hall–Kier alpha value is -0.0400. The topological polar surface area (TPSA) is 12.0 Å². The zero-order valence-corrected chi connectivity index (χ0v) is 5.49. The van der Waals surface area contributed by atoms with Crippen molar-refractivity contribution in [1.29, 1.82) is 0 Å². The van der Waals surface area contributed by atoms with Gasteiger partial charge >= 0.3 is 0 Å². The van der Waals surface area contributed by atoms with E-state index in [4.69, 9.17) is 0 Å². The average molecular weight is 101 g/mol. The van der Waals surface area contributed by atoms with E-state index in [2.05, 4.69) is 26.1 Å². The summed E-state index contributed by atoms with van der Waals surface area (Å²) in [5.74, 6) is 0. The normalized spacial score (nSPS) is 14.1. The summed E-state index contributed by atoms with van der Waals surface area (Å²) < 4.78 is 0. The van der Waals surface area contributed by atoms with Crippen molar-refractivity contribution in [2.24, 2.45) is 0 Å². The van der Waals surface area contributed by atoms with Crippen LogP contribution in [0.4, 0.5) is 0 Å². The van der Waals surface area contributed by atoms with Gasteiger partial charge in [0.25, 0.3) is 0 Å². The predicted molar refractivity (Wildman–Crippen MR) is 33.4 cm³/mol. The Morgan fingerprint density at radius 2 is 2.00 bits per heavy atom. The van der Waals surface area contributed by atoms with E-state index in [1.807, 2.05) is 0 Å². The third-order valence-corrected chi connectivity index (χ3v) is 1.16. The Labute approximate surface area is 46.1 Å². The summed E-state index contributed by atoms with van der Waals surface area (Å²) in [6.07, 6.45) is 1.23. The first-order valence-corrected chi connectivity index (χ1v) is 3.04. The second kappa shape index (κ2) is 4.13. The van der Waals surface area contributed by atoms with E-state index in [0.717, 1.165) is 6.54 Å². The molecule has 0 aliphatic heterocycles. The number of nitrogens with one attached hydrogen (secondary N) is 1. The van der Waals surface area contributed by atoms with Crippen LogP contribution in [0.1, 0.15) is 27.2 Å². The van der Waals surface area contributed by atoms with Gasteiger partial charge in [-0.3, -0.25) is 0 Å². The van der Waals surface area contributed by atoms with Crippen molar-refractivity contribution in [2.75, 3.05) is 6.54 Å². The predicted octanol–water partition coefficient (Wildman–Crippen LogP) is 1.39. The molecule has 1 nitrogen and oxygen atoms in total. The van der Waals surface area contributed by atoms with Crippen LogP contribution < -0.4 is 5.32 Å². The highest BCUT2D eigenvalue weighted by molar-refractivity contribution is 4.53. The van der Waals surface area contributed by atoms with Crippen molar-refractivity contribution in [1.82, 2.24) is 5.32 Å². The number of rotatable bonds is 3. The first-order chi connectivity index (χ1) is 3.31. The molecular weight excluding hydrogens is 86.1 g/mol. The van der Waals surface area contributed by atoms with Gasteiger partial charge in [0.2, 0.25) is 0 Å². The molecule has 0 saturated carbocycles. The lowest BCUT2D eigenvalue weighted by atomic mass is 10.3. The third kappa shape index (κ3) is 3.80. The second-order valence-corrected chi connectivity index (χ2v) is 1.87. The first kappa shape index (κ1) is 6.96. The highest BCUT2D eigenvalue weighted by atomic mass is 14.9. The Morgan fingerprint density at radius 3 is 2.14 bits per heavy atom. The molecule has 0 spiro atoms. The summed E-state index contributed by atoms with van der Waals surface area (Å²) in [7, 11) is 0. The molecule has 0 amide bonds. The molecular formula is C6H15N. The Balaban J connectivity index is 2.83. The summed E-state index contributed by atoms with van der Waals surface area (Å²) in [6.45, 7) is 7.61. The van der Waals surface area contributed by atoms with Gasteiger partial charge in [-0.05, 0) is 19.9 Å². The zero-order valence-electron chi connectivity index (χ0n) is 5.49. The van der Waals surface area contributed by atoms with Gasteiger partial charge in [0.15, 0.2) is 0 Å². The monoisotopic (exact) mass is 101 g/mol. The molecule has 44 valence electrons. The van der Waals surface area contributed by atoms with Gasteiger partial charge in [0.1, 0.15) is 0 Å². The fourth-order valence-corrected chi connectivity index (χ4v) is 0.493. The molecule has 0 aromatic rings. The minimum atomic E-state index is 0.699. The molecule has 0 aliphatic rings. The first-order valence-electron chi connectivity index (χ1n) is 3.04. The largest absolute Gasteiger partial charge is 0.315 e. The molecule has 0 bridgehead atoms. The number of hydrogen-bond donors (Lipinski definition) is 1. The smallest absolute Gasteiger partial charge is 0.00359 e. The van der Waals surface area contributed by atoms with Crippen molar-refractivity contribution < 1.29 is 0 Å². The van der Waals surface area contributed by atoms with Crippen LogP contribution in [0.2, 0.25) is 0 Å². The molecule has 0 aromatic heterocycles. The second-order valence-electron chi connectivity index (χ2n) is 1.87. The minimum absolute atomic E-state index is 0.699. The van der Waals surface area contributed by atoms with E-state index in [9.17, 15) is 0 Å². The van der Waals surface area contributed by atoms with Gasteiger partial charge in [-0.25, -0.2) is 0 Å². The van der Waals surface area contributed by atoms with Crippen molar-refractivity contribution >= 4 is 0 Å². The number of hydrogen-bond acceptors (Lipinski definition) is 1. The molecule has 1 N–H and O–H groups in total. The maximum atomic E-state index is 3.30. The minimum Gasteiger partial charge on any atom is -0.315 e. The molecule has 0 rings (SSSR count). The highest BCUT2D eigenvalue weighted by Crippen LogP contribution is 1.84. The lowest BCUT2D eigenvalue weighted by Crippen LogP contribution is -2.24. The molecule has 0 unspecified atom stereocenters. The van der Waals surface area contributed by atoms with Crippen molar-refractivity contribution in [3.8, 4) is 0 Å². The molecule has 0 radical (unpaired) electrons.